The molecule has 0 aliphatic rings. The van der Waals surface area contributed by atoms with E-state index in [9.17, 15) is 9.59 Å². The van der Waals surface area contributed by atoms with Gasteiger partial charge in [0.25, 0.3) is 11.8 Å². The van der Waals surface area contributed by atoms with Crippen LogP contribution in [0.4, 0.5) is 0 Å². The van der Waals surface area contributed by atoms with Crippen molar-refractivity contribution in [2.75, 3.05) is 0 Å². The van der Waals surface area contributed by atoms with Crippen LogP contribution in [0.15, 0.2) is 54.6 Å². The molecule has 0 unspecified atom stereocenters. The minimum Gasteiger partial charge on any atom is -0.348 e. The molecule has 0 saturated heterocycles. The predicted octanol–water partition coefficient (Wildman–Crippen LogP) is 3.51. The fraction of sp³-hybridized carbons (Fsp3) is 0.143. The normalized spacial score (nSPS) is 10.6. The van der Waals surface area contributed by atoms with Crippen LogP contribution in [0.5, 0.6) is 0 Å². The van der Waals surface area contributed by atoms with Gasteiger partial charge in [-0.1, -0.05) is 41.5 Å². The Bertz CT molecular complexity index is 975. The first-order chi connectivity index (χ1) is 12.5. The monoisotopic (exact) mass is 348 g/mol. The Balaban J connectivity index is 1.76. The summed E-state index contributed by atoms with van der Waals surface area (Å²) < 4.78 is 0. The van der Waals surface area contributed by atoms with Crippen LogP contribution >= 0.6 is 0 Å². The molecule has 0 bridgehead atoms. The second kappa shape index (κ2) is 7.37. The maximum absolute atomic E-state index is 12.4. The number of aryl methyl sites for hydroxylation is 2. The van der Waals surface area contributed by atoms with E-state index in [-0.39, 0.29) is 5.91 Å². The first-order valence-corrected chi connectivity index (χ1v) is 8.30. The van der Waals surface area contributed by atoms with Crippen molar-refractivity contribution in [1.82, 2.24) is 10.8 Å². The molecule has 3 aromatic rings. The molecule has 0 aliphatic heterocycles. The molecule has 0 radical (unpaired) electrons. The van der Waals surface area contributed by atoms with E-state index in [1.54, 1.807) is 41.9 Å². The third-order valence-corrected chi connectivity index (χ3v) is 4.20. The Labute approximate surface area is 151 Å². The number of fused-ring (bicyclic) bond motifs is 1. The van der Waals surface area contributed by atoms with E-state index in [0.29, 0.717) is 17.7 Å². The summed E-state index contributed by atoms with van der Waals surface area (Å²) in [6.45, 7) is 4.54. The van der Waals surface area contributed by atoms with Crippen molar-refractivity contribution in [1.29, 1.82) is 0 Å². The lowest BCUT2D eigenvalue weighted by molar-refractivity contribution is 0.0706. The Hall–Kier alpha value is -3.18. The minimum atomic E-state index is -0.567. The van der Waals surface area contributed by atoms with Crippen LogP contribution in [0.2, 0.25) is 0 Å². The smallest absolute Gasteiger partial charge is 0.274 e. The van der Waals surface area contributed by atoms with Crippen LogP contribution in [0.3, 0.4) is 0 Å². The third kappa shape index (κ3) is 3.90. The number of carbonyl (C=O) groups is 2. The van der Waals surface area contributed by atoms with Gasteiger partial charge in [-0.15, -0.1) is 0 Å². The van der Waals surface area contributed by atoms with Crippen molar-refractivity contribution in [2.24, 2.45) is 0 Å². The molecule has 5 nitrogen and oxygen atoms in total. The zero-order valence-corrected chi connectivity index (χ0v) is 14.7. The average molecular weight is 348 g/mol. The van der Waals surface area contributed by atoms with E-state index in [1.165, 1.54) is 11.1 Å². The Morgan fingerprint density at radius 2 is 1.35 bits per heavy atom. The second-order valence-corrected chi connectivity index (χ2v) is 6.40. The fourth-order valence-corrected chi connectivity index (χ4v) is 3.05. The summed E-state index contributed by atoms with van der Waals surface area (Å²) in [5.74, 6) is -0.717. The van der Waals surface area contributed by atoms with Crippen LogP contribution in [-0.2, 0) is 6.54 Å². The lowest BCUT2D eigenvalue weighted by Gasteiger charge is -2.09. The molecule has 0 heterocycles. The highest BCUT2D eigenvalue weighted by Gasteiger charge is 2.09. The molecule has 132 valence electrons. The summed E-state index contributed by atoms with van der Waals surface area (Å²) >= 11 is 0. The van der Waals surface area contributed by atoms with Gasteiger partial charge in [0.2, 0.25) is 0 Å². The molecule has 0 aromatic heterocycles. The number of amides is 2. The summed E-state index contributed by atoms with van der Waals surface area (Å²) in [5.41, 5.74) is 5.93. The topological polar surface area (TPSA) is 78.4 Å². The van der Waals surface area contributed by atoms with Gasteiger partial charge in [-0.3, -0.25) is 14.8 Å². The standard InChI is InChI=1S/C21H20N2O3/c1-13-7-14(2)9-15(8-13)12-22-20(24)18-5-3-17-11-19(21(25)23-26)6-4-16(17)10-18/h3-11,26H,12H2,1-2H3,(H,22,24)(H,23,25). The maximum Gasteiger partial charge on any atom is 0.274 e. The molecule has 3 rings (SSSR count). The van der Waals surface area contributed by atoms with Crippen LogP contribution in [0.1, 0.15) is 37.4 Å². The molecule has 3 aromatic carbocycles. The van der Waals surface area contributed by atoms with Crippen molar-refractivity contribution < 1.29 is 14.8 Å². The second-order valence-electron chi connectivity index (χ2n) is 6.40. The van der Waals surface area contributed by atoms with Crippen molar-refractivity contribution in [3.63, 3.8) is 0 Å². The first-order valence-electron chi connectivity index (χ1n) is 8.30. The Kier molecular flexibility index (Phi) is 5.00. The molecule has 0 aliphatic carbocycles. The van der Waals surface area contributed by atoms with Gasteiger partial charge in [-0.2, -0.15) is 0 Å². The fourth-order valence-electron chi connectivity index (χ4n) is 3.05. The van der Waals surface area contributed by atoms with Crippen LogP contribution in [-0.4, -0.2) is 17.0 Å². The summed E-state index contributed by atoms with van der Waals surface area (Å²) in [6.07, 6.45) is 0. The highest BCUT2D eigenvalue weighted by molar-refractivity contribution is 6.01. The van der Waals surface area contributed by atoms with Gasteiger partial charge in [0.15, 0.2) is 0 Å². The summed E-state index contributed by atoms with van der Waals surface area (Å²) in [5, 5.41) is 13.3. The van der Waals surface area contributed by atoms with Gasteiger partial charge < -0.3 is 5.32 Å². The Morgan fingerprint density at radius 1 is 0.808 bits per heavy atom. The van der Waals surface area contributed by atoms with E-state index in [4.69, 9.17) is 5.21 Å². The molecule has 3 N–H and O–H groups in total. The largest absolute Gasteiger partial charge is 0.348 e. The number of hydroxylamine groups is 1. The highest BCUT2D eigenvalue weighted by atomic mass is 16.5. The number of carbonyl (C=O) groups excluding carboxylic acids is 2. The molecule has 2 amide bonds. The molecule has 0 saturated carbocycles. The van der Waals surface area contributed by atoms with E-state index in [2.05, 4.69) is 23.5 Å². The van der Waals surface area contributed by atoms with Gasteiger partial charge in [0.1, 0.15) is 0 Å². The summed E-state index contributed by atoms with van der Waals surface area (Å²) in [4.78, 5) is 23.9. The van der Waals surface area contributed by atoms with Crippen LogP contribution < -0.4 is 10.8 Å². The van der Waals surface area contributed by atoms with Gasteiger partial charge in [-0.25, -0.2) is 5.48 Å². The molecule has 5 heteroatoms. The third-order valence-electron chi connectivity index (χ3n) is 4.20. The van der Waals surface area contributed by atoms with Crippen molar-refractivity contribution in [3.05, 3.63) is 82.4 Å². The lowest BCUT2D eigenvalue weighted by atomic mass is 10.0. The van der Waals surface area contributed by atoms with Gasteiger partial charge >= 0.3 is 0 Å². The van der Waals surface area contributed by atoms with Gasteiger partial charge in [-0.05, 0) is 54.4 Å². The van der Waals surface area contributed by atoms with E-state index < -0.39 is 5.91 Å². The van der Waals surface area contributed by atoms with E-state index in [0.717, 1.165) is 16.3 Å². The zero-order chi connectivity index (χ0) is 18.7. The number of nitrogens with one attached hydrogen (secondary N) is 2. The maximum atomic E-state index is 12.4. The SMILES string of the molecule is Cc1cc(C)cc(CNC(=O)c2ccc3cc(C(=O)NO)ccc3c2)c1. The predicted molar refractivity (Wildman–Crippen MR) is 100 cm³/mol. The number of hydrogen-bond acceptors (Lipinski definition) is 3. The Morgan fingerprint density at radius 3 is 1.88 bits per heavy atom. The summed E-state index contributed by atoms with van der Waals surface area (Å²) in [7, 11) is 0. The number of benzene rings is 3. The first kappa shape index (κ1) is 17.6. The van der Waals surface area contributed by atoms with E-state index in [1.807, 2.05) is 13.8 Å². The van der Waals surface area contributed by atoms with Gasteiger partial charge in [0.05, 0.1) is 0 Å². The molecule has 0 spiro atoms. The average Bonchev–Trinajstić information content (AvgIpc) is 2.63. The quantitative estimate of drug-likeness (QED) is 0.499. The lowest BCUT2D eigenvalue weighted by Crippen LogP contribution is -2.22. The molecule has 26 heavy (non-hydrogen) atoms. The molecule has 0 fully saturated rings. The van der Waals surface area contributed by atoms with E-state index >= 15 is 0 Å². The van der Waals surface area contributed by atoms with Crippen LogP contribution in [0.25, 0.3) is 10.8 Å². The number of hydrogen-bond donors (Lipinski definition) is 3. The van der Waals surface area contributed by atoms with Crippen molar-refractivity contribution in [2.45, 2.75) is 20.4 Å². The molecular formula is C21H20N2O3. The molecular weight excluding hydrogens is 328 g/mol. The number of rotatable bonds is 4. The highest BCUT2D eigenvalue weighted by Crippen LogP contribution is 2.18. The van der Waals surface area contributed by atoms with Crippen molar-refractivity contribution >= 4 is 22.6 Å². The minimum absolute atomic E-state index is 0.150. The molecule has 0 atom stereocenters. The zero-order valence-electron chi connectivity index (χ0n) is 14.7. The van der Waals surface area contributed by atoms with Crippen LogP contribution in [0, 0.1) is 13.8 Å². The van der Waals surface area contributed by atoms with Crippen molar-refractivity contribution in [3.8, 4) is 0 Å². The van der Waals surface area contributed by atoms with Gasteiger partial charge in [0, 0.05) is 17.7 Å². The summed E-state index contributed by atoms with van der Waals surface area (Å²) in [6, 6.07) is 16.5.